The molecule has 2 aliphatic heterocycles. The van der Waals surface area contributed by atoms with E-state index in [1.165, 1.54) is 19.3 Å². The molecule has 1 aliphatic carbocycles. The van der Waals surface area contributed by atoms with Gasteiger partial charge in [-0.15, -0.1) is 11.8 Å². The summed E-state index contributed by atoms with van der Waals surface area (Å²) in [5.74, 6) is 3.48. The second kappa shape index (κ2) is 4.56. The maximum Gasteiger partial charge on any atom is 0.263 e. The van der Waals surface area contributed by atoms with Crippen LogP contribution in [0.5, 0.6) is 0 Å². The molecule has 0 radical (unpaired) electrons. The topological polar surface area (TPSA) is 29.5 Å². The highest BCUT2D eigenvalue weighted by Gasteiger charge is 2.39. The molecule has 94 valence electrons. The summed E-state index contributed by atoms with van der Waals surface area (Å²) in [6.07, 6.45) is 3.99. The molecule has 3 aliphatic rings. The molecular weight excluding hydrogens is 234 g/mol. The van der Waals surface area contributed by atoms with E-state index in [0.29, 0.717) is 0 Å². The Bertz CT molecular complexity index is 354. The molecule has 1 saturated carbocycles. The minimum absolute atomic E-state index is 0.210. The summed E-state index contributed by atoms with van der Waals surface area (Å²) >= 11 is 1.66. The fourth-order valence-electron chi connectivity index (χ4n) is 3.26. The number of allylic oxidation sites excluding steroid dienone is 1. The molecule has 2 heterocycles. The van der Waals surface area contributed by atoms with Crippen molar-refractivity contribution in [3.8, 4) is 0 Å². The van der Waals surface area contributed by atoms with E-state index in [1.807, 2.05) is 6.92 Å². The number of likely N-dealkylation sites (tertiary alicyclic amines) is 1. The number of thioether (sulfide) groups is 1. The third kappa shape index (κ3) is 2.07. The lowest BCUT2D eigenvalue weighted by atomic mass is 10.0. The monoisotopic (exact) mass is 253 g/mol. The zero-order valence-electron chi connectivity index (χ0n) is 10.3. The minimum Gasteiger partial charge on any atom is -0.496 e. The van der Waals surface area contributed by atoms with Crippen LogP contribution < -0.4 is 0 Å². The molecule has 2 atom stereocenters. The highest BCUT2D eigenvalue weighted by Crippen LogP contribution is 2.39. The zero-order valence-corrected chi connectivity index (χ0v) is 11.1. The van der Waals surface area contributed by atoms with Crippen molar-refractivity contribution in [2.45, 2.75) is 26.2 Å². The first-order chi connectivity index (χ1) is 8.25. The molecule has 0 aromatic heterocycles. The van der Waals surface area contributed by atoms with Gasteiger partial charge in [0, 0.05) is 18.8 Å². The molecule has 0 aromatic carbocycles. The Morgan fingerprint density at radius 2 is 2.06 bits per heavy atom. The Morgan fingerprint density at radius 1 is 1.35 bits per heavy atom. The Labute approximate surface area is 107 Å². The predicted octanol–water partition coefficient (Wildman–Crippen LogP) is 2.24. The van der Waals surface area contributed by atoms with E-state index in [0.717, 1.165) is 47.9 Å². The van der Waals surface area contributed by atoms with Crippen LogP contribution >= 0.6 is 11.8 Å². The van der Waals surface area contributed by atoms with E-state index in [1.54, 1.807) is 11.8 Å². The van der Waals surface area contributed by atoms with Crippen LogP contribution in [-0.4, -0.2) is 36.3 Å². The van der Waals surface area contributed by atoms with Gasteiger partial charge in [-0.3, -0.25) is 4.79 Å². The van der Waals surface area contributed by atoms with E-state index in [2.05, 4.69) is 4.90 Å². The van der Waals surface area contributed by atoms with E-state index >= 15 is 0 Å². The number of carbonyl (C=O) groups is 1. The summed E-state index contributed by atoms with van der Waals surface area (Å²) in [5, 5.41) is 0. The van der Waals surface area contributed by atoms with Crippen molar-refractivity contribution in [3.63, 3.8) is 0 Å². The maximum absolute atomic E-state index is 12.4. The Morgan fingerprint density at radius 3 is 2.71 bits per heavy atom. The molecule has 2 unspecified atom stereocenters. The first-order valence-electron chi connectivity index (χ1n) is 6.51. The van der Waals surface area contributed by atoms with Crippen molar-refractivity contribution in [1.82, 2.24) is 4.90 Å². The number of ether oxygens (including phenoxy) is 1. The molecule has 0 N–H and O–H groups in total. The van der Waals surface area contributed by atoms with Crippen molar-refractivity contribution in [1.29, 1.82) is 0 Å². The first kappa shape index (κ1) is 11.5. The van der Waals surface area contributed by atoms with Crippen molar-refractivity contribution < 1.29 is 9.53 Å². The van der Waals surface area contributed by atoms with Gasteiger partial charge in [-0.1, -0.05) is 6.42 Å². The van der Waals surface area contributed by atoms with Crippen LogP contribution in [0.15, 0.2) is 10.7 Å². The fourth-order valence-corrected chi connectivity index (χ4v) is 4.15. The summed E-state index contributed by atoms with van der Waals surface area (Å²) in [4.78, 5) is 15.3. The lowest BCUT2D eigenvalue weighted by molar-refractivity contribution is -0.125. The minimum atomic E-state index is 0.210. The van der Waals surface area contributed by atoms with Crippen LogP contribution in [0.3, 0.4) is 0 Å². The van der Waals surface area contributed by atoms with Gasteiger partial charge in [0.1, 0.15) is 10.7 Å². The molecule has 0 bridgehead atoms. The summed E-state index contributed by atoms with van der Waals surface area (Å²) in [5.41, 5.74) is 0. The van der Waals surface area contributed by atoms with Gasteiger partial charge >= 0.3 is 0 Å². The zero-order chi connectivity index (χ0) is 11.8. The van der Waals surface area contributed by atoms with Gasteiger partial charge in [0.2, 0.25) is 0 Å². The van der Waals surface area contributed by atoms with Crippen molar-refractivity contribution >= 4 is 17.7 Å². The van der Waals surface area contributed by atoms with Gasteiger partial charge in [-0.05, 0) is 31.6 Å². The number of nitrogens with zero attached hydrogens (tertiary/aromatic N) is 1. The average molecular weight is 253 g/mol. The van der Waals surface area contributed by atoms with E-state index < -0.39 is 0 Å². The standard InChI is InChI=1S/C13H19NO2S/c1-9-12(17-6-5-16-9)13(15)14-7-10-3-2-4-11(10)8-14/h10-11H,2-8H2,1H3. The van der Waals surface area contributed by atoms with Gasteiger partial charge in [-0.25, -0.2) is 0 Å². The van der Waals surface area contributed by atoms with Crippen LogP contribution in [0.4, 0.5) is 0 Å². The summed E-state index contributed by atoms with van der Waals surface area (Å²) in [7, 11) is 0. The number of carbonyl (C=O) groups excluding carboxylic acids is 1. The Kier molecular flexibility index (Phi) is 3.07. The van der Waals surface area contributed by atoms with E-state index in [9.17, 15) is 4.79 Å². The van der Waals surface area contributed by atoms with Gasteiger partial charge in [0.05, 0.1) is 6.61 Å². The molecule has 0 spiro atoms. The molecule has 1 saturated heterocycles. The molecule has 3 nitrogen and oxygen atoms in total. The second-order valence-electron chi connectivity index (χ2n) is 5.24. The van der Waals surface area contributed by atoms with Crippen molar-refractivity contribution in [3.05, 3.63) is 10.7 Å². The van der Waals surface area contributed by atoms with Gasteiger partial charge in [0.25, 0.3) is 5.91 Å². The normalized spacial score (nSPS) is 32.6. The molecule has 2 fully saturated rings. The lowest BCUT2D eigenvalue weighted by Gasteiger charge is -2.23. The third-order valence-corrected chi connectivity index (χ3v) is 5.30. The van der Waals surface area contributed by atoms with Crippen LogP contribution in [0.1, 0.15) is 26.2 Å². The van der Waals surface area contributed by atoms with E-state index in [-0.39, 0.29) is 5.91 Å². The molecule has 1 amide bonds. The second-order valence-corrected chi connectivity index (χ2v) is 6.35. The molecule has 3 rings (SSSR count). The summed E-state index contributed by atoms with van der Waals surface area (Å²) in [6, 6.07) is 0. The fraction of sp³-hybridized carbons (Fsp3) is 0.769. The molecular formula is C13H19NO2S. The van der Waals surface area contributed by atoms with Gasteiger partial charge < -0.3 is 9.64 Å². The van der Waals surface area contributed by atoms with Crippen LogP contribution in [0.25, 0.3) is 0 Å². The summed E-state index contributed by atoms with van der Waals surface area (Å²) in [6.45, 7) is 4.59. The Balaban J connectivity index is 1.71. The van der Waals surface area contributed by atoms with Gasteiger partial charge in [-0.2, -0.15) is 0 Å². The molecule has 17 heavy (non-hydrogen) atoms. The predicted molar refractivity (Wildman–Crippen MR) is 68.5 cm³/mol. The van der Waals surface area contributed by atoms with Crippen LogP contribution in [0.2, 0.25) is 0 Å². The number of hydrogen-bond donors (Lipinski definition) is 0. The molecule has 0 aromatic rings. The smallest absolute Gasteiger partial charge is 0.263 e. The number of amides is 1. The number of fused-ring (bicyclic) bond motifs is 1. The van der Waals surface area contributed by atoms with Gasteiger partial charge in [0.15, 0.2) is 0 Å². The largest absolute Gasteiger partial charge is 0.496 e. The summed E-state index contributed by atoms with van der Waals surface area (Å²) < 4.78 is 5.48. The first-order valence-corrected chi connectivity index (χ1v) is 7.50. The quantitative estimate of drug-likeness (QED) is 0.718. The average Bonchev–Trinajstić information content (AvgIpc) is 2.88. The van der Waals surface area contributed by atoms with Crippen molar-refractivity contribution in [2.75, 3.05) is 25.4 Å². The number of hydrogen-bond acceptors (Lipinski definition) is 3. The molecule has 4 heteroatoms. The van der Waals surface area contributed by atoms with Crippen LogP contribution in [-0.2, 0) is 9.53 Å². The van der Waals surface area contributed by atoms with Crippen LogP contribution in [0, 0.1) is 11.8 Å². The highest BCUT2D eigenvalue weighted by atomic mass is 32.2. The maximum atomic E-state index is 12.4. The highest BCUT2D eigenvalue weighted by molar-refractivity contribution is 8.04. The lowest BCUT2D eigenvalue weighted by Crippen LogP contribution is -2.31. The Hall–Kier alpha value is -0.640. The number of rotatable bonds is 1. The third-order valence-electron chi connectivity index (χ3n) is 4.18. The SMILES string of the molecule is CC1=C(C(=O)N2CC3CCCC3C2)SCCO1. The van der Waals surface area contributed by atoms with E-state index in [4.69, 9.17) is 4.74 Å². The van der Waals surface area contributed by atoms with Crippen molar-refractivity contribution in [2.24, 2.45) is 11.8 Å².